The normalized spacial score (nSPS) is 35.3. The summed E-state index contributed by atoms with van der Waals surface area (Å²) in [6.45, 7) is 19.2. The van der Waals surface area contributed by atoms with Gasteiger partial charge in [0.05, 0.1) is 31.3 Å². The highest BCUT2D eigenvalue weighted by atomic mass is 32.2. The van der Waals surface area contributed by atoms with Gasteiger partial charge in [0.2, 0.25) is 0 Å². The average molecular weight is 801 g/mol. The number of carbonyl (C=O) groups is 2. The Morgan fingerprint density at radius 2 is 1.61 bits per heavy atom. The molecular formula is C46H73FN2O6S. The molecule has 1 aromatic rings. The summed E-state index contributed by atoms with van der Waals surface area (Å²) in [7, 11) is -0.149. The predicted molar refractivity (Wildman–Crippen MR) is 223 cm³/mol. The summed E-state index contributed by atoms with van der Waals surface area (Å²) in [5.74, 6) is 2.87. The maximum atomic E-state index is 15.1. The van der Waals surface area contributed by atoms with Crippen LogP contribution in [0, 0.1) is 51.7 Å². The number of ether oxygens (including phenoxy) is 2. The molecule has 1 heterocycles. The minimum absolute atomic E-state index is 0.00548. The molecule has 0 amide bonds. The molecule has 10 heteroatoms. The van der Waals surface area contributed by atoms with E-state index in [2.05, 4.69) is 48.7 Å². The molecule has 8 nitrogen and oxygen atoms in total. The van der Waals surface area contributed by atoms with Crippen molar-refractivity contribution in [2.75, 3.05) is 51.9 Å². The number of carbonyl (C=O) groups excluding carboxylic acids is 2. The third-order valence-corrected chi connectivity index (χ3v) is 17.4. The summed E-state index contributed by atoms with van der Waals surface area (Å²) in [6, 6.07) is 5.04. The van der Waals surface area contributed by atoms with Crippen molar-refractivity contribution in [3.05, 3.63) is 41.2 Å². The molecule has 0 spiro atoms. The number of sulfone groups is 1. The molecule has 5 fully saturated rings. The number of benzene rings is 1. The van der Waals surface area contributed by atoms with Crippen LogP contribution in [0.2, 0.25) is 0 Å². The van der Waals surface area contributed by atoms with E-state index in [-0.39, 0.29) is 27.9 Å². The number of hydrogen-bond acceptors (Lipinski definition) is 8. The third-order valence-electron chi connectivity index (χ3n) is 15.8. The van der Waals surface area contributed by atoms with Gasteiger partial charge in [-0.25, -0.2) is 17.6 Å². The van der Waals surface area contributed by atoms with Crippen LogP contribution in [-0.4, -0.2) is 82.7 Å². The van der Waals surface area contributed by atoms with E-state index >= 15 is 4.39 Å². The fourth-order valence-corrected chi connectivity index (χ4v) is 14.6. The van der Waals surface area contributed by atoms with Crippen LogP contribution in [0.15, 0.2) is 24.3 Å². The Balaban J connectivity index is 0.000000603. The first kappa shape index (κ1) is 44.8. The Hall–Kier alpha value is -2.30. The zero-order valence-corrected chi connectivity index (χ0v) is 36.9. The van der Waals surface area contributed by atoms with E-state index in [1.165, 1.54) is 77.6 Å². The lowest BCUT2D eigenvalue weighted by Crippen LogP contribution is -2.63. The van der Waals surface area contributed by atoms with Crippen molar-refractivity contribution >= 4 is 27.3 Å². The molecular weight excluding hydrogens is 728 g/mol. The highest BCUT2D eigenvalue weighted by Crippen LogP contribution is 2.72. The molecule has 7 rings (SSSR count). The number of hydrogen-bond donors (Lipinski definition) is 1. The Bertz CT molecular complexity index is 1680. The van der Waals surface area contributed by atoms with E-state index < -0.39 is 21.6 Å². The molecule has 4 saturated carbocycles. The van der Waals surface area contributed by atoms with Crippen LogP contribution >= 0.6 is 0 Å². The molecule has 0 radical (unpaired) electrons. The number of nitrogens with one attached hydrogen (secondary N) is 1. The Kier molecular flexibility index (Phi) is 14.3. The van der Waals surface area contributed by atoms with Crippen LogP contribution in [-0.2, 0) is 24.1 Å². The lowest BCUT2D eigenvalue weighted by atomic mass is 9.37. The van der Waals surface area contributed by atoms with E-state index in [1.54, 1.807) is 12.1 Å². The van der Waals surface area contributed by atoms with Gasteiger partial charge in [-0.15, -0.1) is 0 Å². The first-order chi connectivity index (χ1) is 26.5. The Morgan fingerprint density at radius 3 is 2.23 bits per heavy atom. The summed E-state index contributed by atoms with van der Waals surface area (Å²) < 4.78 is 48.0. The van der Waals surface area contributed by atoms with Gasteiger partial charge < -0.3 is 19.7 Å². The summed E-state index contributed by atoms with van der Waals surface area (Å²) in [5.41, 5.74) is 2.82. The van der Waals surface area contributed by atoms with Gasteiger partial charge in [-0.05, 0) is 133 Å². The van der Waals surface area contributed by atoms with Crippen LogP contribution in [0.1, 0.15) is 141 Å². The van der Waals surface area contributed by atoms with Crippen LogP contribution < -0.4 is 5.32 Å². The smallest absolute Gasteiger partial charge is 0.340 e. The second-order valence-electron chi connectivity index (χ2n) is 18.7. The van der Waals surface area contributed by atoms with Gasteiger partial charge in [-0.2, -0.15) is 0 Å². The maximum Gasteiger partial charge on any atom is 0.340 e. The van der Waals surface area contributed by atoms with Gasteiger partial charge in [0.15, 0.2) is 9.84 Å². The highest BCUT2D eigenvalue weighted by Gasteiger charge is 2.65. The highest BCUT2D eigenvalue weighted by molar-refractivity contribution is 7.91. The zero-order chi connectivity index (χ0) is 41.1. The second-order valence-corrected chi connectivity index (χ2v) is 21.0. The van der Waals surface area contributed by atoms with Gasteiger partial charge in [0, 0.05) is 38.1 Å². The topological polar surface area (TPSA) is 102 Å². The minimum Gasteiger partial charge on any atom is -0.469 e. The Morgan fingerprint density at radius 1 is 0.893 bits per heavy atom. The largest absolute Gasteiger partial charge is 0.469 e. The fraction of sp³-hybridized carbons (Fsp3) is 0.783. The van der Waals surface area contributed by atoms with Crippen molar-refractivity contribution < 1.29 is 31.9 Å². The number of rotatable bonds is 8. The number of nitrogens with zero attached hydrogens (tertiary/aromatic N) is 1. The van der Waals surface area contributed by atoms with Gasteiger partial charge in [-0.1, -0.05) is 67.0 Å². The summed E-state index contributed by atoms with van der Waals surface area (Å²) in [6.07, 6.45) is 16.5. The van der Waals surface area contributed by atoms with E-state index in [1.807, 2.05) is 26.8 Å². The molecule has 1 saturated heterocycles. The fourth-order valence-electron chi connectivity index (χ4n) is 13.3. The van der Waals surface area contributed by atoms with Crippen molar-refractivity contribution in [1.29, 1.82) is 0 Å². The lowest BCUT2D eigenvalue weighted by Gasteiger charge is -2.68. The third kappa shape index (κ3) is 8.55. The van der Waals surface area contributed by atoms with Crippen molar-refractivity contribution in [1.82, 2.24) is 10.2 Å². The molecule has 8 atom stereocenters. The molecule has 1 N–H and O–H groups in total. The molecule has 1 aliphatic heterocycles. The van der Waals surface area contributed by atoms with Crippen molar-refractivity contribution in [2.24, 2.45) is 45.8 Å². The van der Waals surface area contributed by atoms with Crippen molar-refractivity contribution in [3.8, 4) is 0 Å². The standard InChI is InChI=1S/C39H57FN2O4S.C5H10O2.C2H6/c1-36(2)29(26-8-9-28(32(40)25-26)35(43)46-5)12-16-38(4)33(36)14-17-37(3)30-13-18-39(15-6-7-31(39)27(30)10-11-34(37)38)41-19-20-42-21-23-47(44,45)24-22-42;1-3-4-5(6)7-2;1-2/h8-9,12,25,27,30-31,33-34,41H,6-7,10-11,13-24H2,1-5H3;3-4H2,1-2H3;1-2H3/t27-,30?,31+,33?,34?,37-,38-,39-;;/m0../s1. The summed E-state index contributed by atoms with van der Waals surface area (Å²) >= 11 is 0. The van der Waals surface area contributed by atoms with E-state index in [4.69, 9.17) is 4.74 Å². The van der Waals surface area contributed by atoms with E-state index in [0.717, 1.165) is 49.2 Å². The van der Waals surface area contributed by atoms with Crippen LogP contribution in [0.4, 0.5) is 4.39 Å². The monoisotopic (exact) mass is 801 g/mol. The van der Waals surface area contributed by atoms with Crippen molar-refractivity contribution in [3.63, 3.8) is 0 Å². The molecule has 6 aliphatic rings. The van der Waals surface area contributed by atoms with Gasteiger partial charge in [0.1, 0.15) is 5.82 Å². The van der Waals surface area contributed by atoms with Gasteiger partial charge >= 0.3 is 11.9 Å². The zero-order valence-electron chi connectivity index (χ0n) is 36.1. The number of methoxy groups -OCH3 is 2. The molecule has 56 heavy (non-hydrogen) atoms. The Labute approximate surface area is 338 Å². The number of halogens is 1. The van der Waals surface area contributed by atoms with Gasteiger partial charge in [-0.3, -0.25) is 4.79 Å². The number of fused-ring (bicyclic) bond motifs is 7. The molecule has 0 aromatic heterocycles. The van der Waals surface area contributed by atoms with Crippen LogP contribution in [0.3, 0.4) is 0 Å². The van der Waals surface area contributed by atoms with Crippen LogP contribution in [0.5, 0.6) is 0 Å². The summed E-state index contributed by atoms with van der Waals surface area (Å²) in [5, 5.41) is 4.13. The molecule has 3 unspecified atom stereocenters. The van der Waals surface area contributed by atoms with Crippen LogP contribution in [0.25, 0.3) is 5.57 Å². The average Bonchev–Trinajstić information content (AvgIpc) is 3.60. The van der Waals surface area contributed by atoms with E-state index in [0.29, 0.717) is 48.3 Å². The second kappa shape index (κ2) is 17.9. The quantitative estimate of drug-likeness (QED) is 0.260. The SMILES string of the molecule is CC.CCCC(=O)OC.COC(=O)c1ccc(C2=CC[C@@]3(C)C(CC[C@@]4(C)C5CC[C@@]6(NCCN7CCS(=O)(=O)CC7)CCC[C@@H]6[C@H]5CCC43)C2(C)C)cc1F. The first-order valence-electron chi connectivity index (χ1n) is 21.9. The summed E-state index contributed by atoms with van der Waals surface area (Å²) in [4.78, 5) is 24.6. The number of allylic oxidation sites excluding steroid dienone is 2. The van der Waals surface area contributed by atoms with E-state index in [9.17, 15) is 18.0 Å². The molecule has 316 valence electrons. The number of esters is 2. The minimum atomic E-state index is -2.84. The molecule has 5 aliphatic carbocycles. The maximum absolute atomic E-state index is 15.1. The molecule has 0 bridgehead atoms. The first-order valence-corrected chi connectivity index (χ1v) is 23.7. The van der Waals surface area contributed by atoms with Crippen molar-refractivity contribution in [2.45, 2.75) is 131 Å². The van der Waals surface area contributed by atoms with Gasteiger partial charge in [0.25, 0.3) is 0 Å². The molecule has 1 aromatic carbocycles. The predicted octanol–water partition coefficient (Wildman–Crippen LogP) is 9.13. The lowest BCUT2D eigenvalue weighted by molar-refractivity contribution is -0.172.